The van der Waals surface area contributed by atoms with Crippen LogP contribution in [0, 0.1) is 11.6 Å². The summed E-state index contributed by atoms with van der Waals surface area (Å²) in [5, 5.41) is 9.25. The van der Waals surface area contributed by atoms with Crippen LogP contribution in [0.1, 0.15) is 11.7 Å². The van der Waals surface area contributed by atoms with E-state index in [0.717, 1.165) is 12.1 Å². The van der Waals surface area contributed by atoms with E-state index in [2.05, 4.69) is 0 Å². The third-order valence-corrected chi connectivity index (χ3v) is 1.94. The summed E-state index contributed by atoms with van der Waals surface area (Å²) < 4.78 is 25.2. The molecule has 0 aliphatic rings. The Balaban J connectivity index is 3.01. The number of alkyl halides is 2. The predicted molar refractivity (Wildman–Crippen MR) is 46.8 cm³/mol. The molecular weight excluding hydrogens is 221 g/mol. The summed E-state index contributed by atoms with van der Waals surface area (Å²) in [5.41, 5.74) is 0.0208. The van der Waals surface area contributed by atoms with Gasteiger partial charge in [-0.3, -0.25) is 0 Å². The van der Waals surface area contributed by atoms with Crippen molar-refractivity contribution >= 4 is 23.2 Å². The number of rotatable bonds is 2. The lowest BCUT2D eigenvalue weighted by atomic mass is 10.1. The molecule has 0 fully saturated rings. The molecule has 1 unspecified atom stereocenters. The number of hydrogen-bond donors (Lipinski definition) is 1. The average molecular weight is 227 g/mol. The minimum absolute atomic E-state index is 0.0208. The third kappa shape index (κ3) is 2.79. The van der Waals surface area contributed by atoms with Gasteiger partial charge in [0.05, 0.1) is 0 Å². The van der Waals surface area contributed by atoms with E-state index in [1.54, 1.807) is 0 Å². The normalized spacial score (nSPS) is 13.4. The van der Waals surface area contributed by atoms with Crippen molar-refractivity contribution in [2.24, 2.45) is 0 Å². The van der Waals surface area contributed by atoms with Crippen molar-refractivity contribution in [2.45, 2.75) is 10.9 Å². The van der Waals surface area contributed by atoms with E-state index in [9.17, 15) is 13.9 Å². The van der Waals surface area contributed by atoms with Gasteiger partial charge in [-0.05, 0) is 17.7 Å². The van der Waals surface area contributed by atoms with Crippen molar-refractivity contribution in [3.05, 3.63) is 35.4 Å². The maximum absolute atomic E-state index is 12.6. The Morgan fingerprint density at radius 2 is 1.54 bits per heavy atom. The zero-order chi connectivity index (χ0) is 10.0. The molecule has 0 aliphatic carbocycles. The Hall–Kier alpha value is -0.380. The van der Waals surface area contributed by atoms with Crippen LogP contribution in [0.15, 0.2) is 18.2 Å². The number of benzene rings is 1. The van der Waals surface area contributed by atoms with E-state index < -0.39 is 22.6 Å². The van der Waals surface area contributed by atoms with Gasteiger partial charge in [-0.25, -0.2) is 8.78 Å². The van der Waals surface area contributed by atoms with Gasteiger partial charge in [0.2, 0.25) is 0 Å². The molecule has 1 rings (SSSR count). The van der Waals surface area contributed by atoms with Crippen molar-refractivity contribution in [3.8, 4) is 0 Å². The van der Waals surface area contributed by atoms with Crippen molar-refractivity contribution < 1.29 is 13.9 Å². The van der Waals surface area contributed by atoms with Gasteiger partial charge in [0.25, 0.3) is 0 Å². The van der Waals surface area contributed by atoms with Crippen LogP contribution in [-0.4, -0.2) is 9.94 Å². The van der Waals surface area contributed by atoms with Gasteiger partial charge >= 0.3 is 0 Å². The largest absolute Gasteiger partial charge is 0.386 e. The van der Waals surface area contributed by atoms with Crippen LogP contribution in [0.2, 0.25) is 0 Å². The topological polar surface area (TPSA) is 20.2 Å². The second kappa shape index (κ2) is 4.22. The van der Waals surface area contributed by atoms with E-state index in [4.69, 9.17) is 23.2 Å². The number of aliphatic hydroxyl groups excluding tert-OH is 1. The molecular formula is C8H6Cl2F2O. The lowest BCUT2D eigenvalue weighted by Gasteiger charge is -2.11. The first-order valence-electron chi connectivity index (χ1n) is 3.43. The molecule has 13 heavy (non-hydrogen) atoms. The summed E-state index contributed by atoms with van der Waals surface area (Å²) >= 11 is 10.7. The fourth-order valence-electron chi connectivity index (χ4n) is 0.891. The van der Waals surface area contributed by atoms with Crippen LogP contribution in [-0.2, 0) is 0 Å². The van der Waals surface area contributed by atoms with Crippen LogP contribution in [0.5, 0.6) is 0 Å². The Morgan fingerprint density at radius 3 is 1.92 bits per heavy atom. The molecule has 5 heteroatoms. The molecule has 0 bridgehead atoms. The second-order valence-electron chi connectivity index (χ2n) is 2.48. The molecule has 0 radical (unpaired) electrons. The minimum atomic E-state index is -1.28. The second-order valence-corrected chi connectivity index (χ2v) is 3.65. The summed E-state index contributed by atoms with van der Waals surface area (Å²) in [6.07, 6.45) is -1.28. The van der Waals surface area contributed by atoms with Crippen molar-refractivity contribution in [1.82, 2.24) is 0 Å². The highest BCUT2D eigenvalue weighted by atomic mass is 35.5. The lowest BCUT2D eigenvalue weighted by molar-refractivity contribution is 0.192. The van der Waals surface area contributed by atoms with Crippen LogP contribution in [0.3, 0.4) is 0 Å². The molecule has 0 amide bonds. The molecule has 1 aromatic carbocycles. The van der Waals surface area contributed by atoms with Crippen LogP contribution < -0.4 is 0 Å². The van der Waals surface area contributed by atoms with Crippen molar-refractivity contribution in [1.29, 1.82) is 0 Å². The first-order chi connectivity index (χ1) is 6.00. The zero-order valence-electron chi connectivity index (χ0n) is 6.35. The molecule has 0 spiro atoms. The van der Waals surface area contributed by atoms with E-state index in [-0.39, 0.29) is 5.56 Å². The Labute approximate surface area is 83.9 Å². The summed E-state index contributed by atoms with van der Waals surface area (Å²) in [7, 11) is 0. The molecule has 1 aromatic rings. The van der Waals surface area contributed by atoms with Crippen LogP contribution in [0.25, 0.3) is 0 Å². The average Bonchev–Trinajstić information content (AvgIpc) is 2.01. The van der Waals surface area contributed by atoms with Crippen LogP contribution >= 0.6 is 23.2 Å². The maximum atomic E-state index is 12.6. The quantitative estimate of drug-likeness (QED) is 0.770. The van der Waals surface area contributed by atoms with Gasteiger partial charge in [0.15, 0.2) is 0 Å². The Morgan fingerprint density at radius 1 is 1.08 bits per heavy atom. The van der Waals surface area contributed by atoms with Crippen LogP contribution in [0.4, 0.5) is 8.78 Å². The lowest BCUT2D eigenvalue weighted by Crippen LogP contribution is -2.06. The Bertz CT molecular complexity index is 284. The minimum Gasteiger partial charge on any atom is -0.386 e. The predicted octanol–water partition coefficient (Wildman–Crippen LogP) is 2.80. The fourth-order valence-corrected chi connectivity index (χ4v) is 1.18. The van der Waals surface area contributed by atoms with Crippen molar-refractivity contribution in [3.63, 3.8) is 0 Å². The smallest absolute Gasteiger partial charge is 0.137 e. The molecule has 0 saturated carbocycles. The van der Waals surface area contributed by atoms with E-state index in [1.807, 2.05) is 0 Å². The fraction of sp³-hybridized carbons (Fsp3) is 0.250. The molecule has 72 valence electrons. The molecule has 0 aromatic heterocycles. The van der Waals surface area contributed by atoms with Gasteiger partial charge in [0.1, 0.15) is 22.6 Å². The summed E-state index contributed by atoms with van der Waals surface area (Å²) in [6, 6.07) is 2.66. The first kappa shape index (κ1) is 10.7. The van der Waals surface area contributed by atoms with E-state index in [1.165, 1.54) is 0 Å². The van der Waals surface area contributed by atoms with E-state index >= 15 is 0 Å². The summed E-state index contributed by atoms with van der Waals surface area (Å²) in [5.74, 6) is -1.55. The first-order valence-corrected chi connectivity index (χ1v) is 4.30. The molecule has 0 aliphatic heterocycles. The highest BCUT2D eigenvalue weighted by molar-refractivity contribution is 6.44. The third-order valence-electron chi connectivity index (χ3n) is 1.47. The van der Waals surface area contributed by atoms with Crippen molar-refractivity contribution in [2.75, 3.05) is 0 Å². The summed E-state index contributed by atoms with van der Waals surface area (Å²) in [4.78, 5) is -1.11. The van der Waals surface area contributed by atoms with E-state index in [0.29, 0.717) is 6.07 Å². The number of halogens is 4. The number of aliphatic hydroxyl groups is 1. The van der Waals surface area contributed by atoms with Gasteiger partial charge in [-0.2, -0.15) is 0 Å². The highest BCUT2D eigenvalue weighted by Gasteiger charge is 2.17. The van der Waals surface area contributed by atoms with Gasteiger partial charge in [-0.1, -0.05) is 0 Å². The summed E-state index contributed by atoms with van der Waals surface area (Å²) in [6.45, 7) is 0. The molecule has 0 heterocycles. The van der Waals surface area contributed by atoms with Gasteiger partial charge in [0, 0.05) is 6.07 Å². The molecule has 0 saturated heterocycles. The monoisotopic (exact) mass is 226 g/mol. The number of hydrogen-bond acceptors (Lipinski definition) is 1. The highest BCUT2D eigenvalue weighted by Crippen LogP contribution is 2.24. The molecule has 1 N–H and O–H groups in total. The molecule has 1 nitrogen and oxygen atoms in total. The standard InChI is InChI=1S/C8H6Cl2F2O/c9-8(10)7(13)4-1-5(11)3-6(12)2-4/h1-3,7-8,13H. The zero-order valence-corrected chi connectivity index (χ0v) is 7.86. The SMILES string of the molecule is OC(c1cc(F)cc(F)c1)C(Cl)Cl. The van der Waals surface area contributed by atoms with Gasteiger partial charge < -0.3 is 5.11 Å². The maximum Gasteiger partial charge on any atom is 0.137 e. The van der Waals surface area contributed by atoms with Gasteiger partial charge in [-0.15, -0.1) is 23.2 Å². The Kier molecular flexibility index (Phi) is 3.47. The molecule has 1 atom stereocenters.